The van der Waals surface area contributed by atoms with Gasteiger partial charge in [-0.15, -0.1) is 0 Å². The molecule has 1 fully saturated rings. The van der Waals surface area contributed by atoms with Gasteiger partial charge in [0.2, 0.25) is 11.8 Å². The van der Waals surface area contributed by atoms with Crippen LogP contribution in [0.3, 0.4) is 0 Å². The second-order valence-corrected chi connectivity index (χ2v) is 4.25. The normalized spacial score (nSPS) is 13.0. The van der Waals surface area contributed by atoms with Gasteiger partial charge in [-0.2, -0.15) is 0 Å². The van der Waals surface area contributed by atoms with E-state index >= 15 is 0 Å². The van der Waals surface area contributed by atoms with Crippen LogP contribution in [0, 0.1) is 11.8 Å². The van der Waals surface area contributed by atoms with E-state index in [0.29, 0.717) is 16.9 Å². The number of carbonyl (C=O) groups excluding carboxylic acids is 3. The van der Waals surface area contributed by atoms with Gasteiger partial charge in [-0.1, -0.05) is 31.8 Å². The highest BCUT2D eigenvalue weighted by Crippen LogP contribution is 2.18. The molecule has 5 heteroatoms. The van der Waals surface area contributed by atoms with Crippen molar-refractivity contribution < 1.29 is 19.1 Å². The molecule has 0 bridgehead atoms. The van der Waals surface area contributed by atoms with E-state index in [9.17, 15) is 14.4 Å². The molecule has 1 heterocycles. The molecule has 0 atom stereocenters. The van der Waals surface area contributed by atoms with E-state index in [1.807, 2.05) is 13.8 Å². The van der Waals surface area contributed by atoms with Crippen LogP contribution in [0.15, 0.2) is 18.2 Å². The van der Waals surface area contributed by atoms with Crippen molar-refractivity contribution in [2.24, 2.45) is 0 Å². The number of ether oxygens (including phenoxy) is 1. The number of hydrogen-bond donors (Lipinski definition) is 0. The van der Waals surface area contributed by atoms with Crippen molar-refractivity contribution in [3.05, 3.63) is 29.3 Å². The SMILES string of the molecule is CC.COc1cc(C=O)ccc1C#CCN1C(=O)CCC1=O. The molecule has 0 radical (unpaired) electrons. The largest absolute Gasteiger partial charge is 0.495 e. The number of carbonyl (C=O) groups is 3. The Morgan fingerprint density at radius 3 is 2.41 bits per heavy atom. The first-order chi connectivity index (χ1) is 10.7. The van der Waals surface area contributed by atoms with Gasteiger partial charge in [0.25, 0.3) is 0 Å². The Morgan fingerprint density at radius 1 is 1.23 bits per heavy atom. The number of nitrogens with zero attached hydrogens (tertiary/aromatic N) is 1. The first kappa shape index (κ1) is 17.4. The molecule has 5 nitrogen and oxygen atoms in total. The maximum absolute atomic E-state index is 11.4. The summed E-state index contributed by atoms with van der Waals surface area (Å²) in [7, 11) is 1.49. The molecule has 1 saturated heterocycles. The number of aldehydes is 1. The maximum atomic E-state index is 11.4. The Balaban J connectivity index is 0.00000116. The first-order valence-corrected chi connectivity index (χ1v) is 7.11. The summed E-state index contributed by atoms with van der Waals surface area (Å²) in [6.07, 6.45) is 1.25. The summed E-state index contributed by atoms with van der Waals surface area (Å²) in [5.74, 6) is 5.74. The van der Waals surface area contributed by atoms with Gasteiger partial charge in [0.1, 0.15) is 12.0 Å². The number of rotatable bonds is 3. The minimum Gasteiger partial charge on any atom is -0.495 e. The average Bonchev–Trinajstić information content (AvgIpc) is 2.88. The minimum atomic E-state index is -0.187. The molecule has 2 rings (SSSR count). The summed E-state index contributed by atoms with van der Waals surface area (Å²) in [4.78, 5) is 34.6. The van der Waals surface area contributed by atoms with Gasteiger partial charge in [0.15, 0.2) is 0 Å². The standard InChI is InChI=1S/C15H13NO4.C2H6/c1-20-13-9-11(10-17)4-5-12(13)3-2-8-16-14(18)6-7-15(16)19;1-2/h4-5,9-10H,6-8H2,1H3;1-2H3. The fraction of sp³-hybridized carbons (Fsp3) is 0.353. The number of imide groups is 1. The molecule has 1 aromatic carbocycles. The summed E-state index contributed by atoms with van der Waals surface area (Å²) in [5, 5.41) is 0. The van der Waals surface area contributed by atoms with Gasteiger partial charge in [-0.3, -0.25) is 19.3 Å². The Bertz CT molecular complexity index is 609. The summed E-state index contributed by atoms with van der Waals surface area (Å²) < 4.78 is 5.14. The zero-order valence-corrected chi connectivity index (χ0v) is 13.0. The van der Waals surface area contributed by atoms with E-state index in [-0.39, 0.29) is 31.2 Å². The number of methoxy groups -OCH3 is 1. The summed E-state index contributed by atoms with van der Waals surface area (Å²) >= 11 is 0. The number of hydrogen-bond acceptors (Lipinski definition) is 4. The number of likely N-dealkylation sites (tertiary alicyclic amines) is 1. The molecule has 0 N–H and O–H groups in total. The van der Waals surface area contributed by atoms with E-state index in [0.717, 1.165) is 11.2 Å². The van der Waals surface area contributed by atoms with Crippen molar-refractivity contribution in [1.29, 1.82) is 0 Å². The Kier molecular flexibility index (Phi) is 6.84. The van der Waals surface area contributed by atoms with E-state index < -0.39 is 0 Å². The smallest absolute Gasteiger partial charge is 0.230 e. The van der Waals surface area contributed by atoms with Crippen LogP contribution in [-0.2, 0) is 9.59 Å². The molecular weight excluding hydrogens is 282 g/mol. The zero-order valence-electron chi connectivity index (χ0n) is 13.0. The van der Waals surface area contributed by atoms with Gasteiger partial charge in [-0.25, -0.2) is 0 Å². The van der Waals surface area contributed by atoms with E-state index in [4.69, 9.17) is 4.74 Å². The van der Waals surface area contributed by atoms with Crippen molar-refractivity contribution in [1.82, 2.24) is 4.90 Å². The first-order valence-electron chi connectivity index (χ1n) is 7.11. The second-order valence-electron chi connectivity index (χ2n) is 4.25. The molecule has 1 aliphatic heterocycles. The second kappa shape index (κ2) is 8.63. The fourth-order valence-corrected chi connectivity index (χ4v) is 1.90. The van der Waals surface area contributed by atoms with Crippen molar-refractivity contribution in [2.75, 3.05) is 13.7 Å². The van der Waals surface area contributed by atoms with Crippen LogP contribution in [0.2, 0.25) is 0 Å². The summed E-state index contributed by atoms with van der Waals surface area (Å²) in [5.41, 5.74) is 1.11. The van der Waals surface area contributed by atoms with Crippen molar-refractivity contribution in [3.8, 4) is 17.6 Å². The van der Waals surface area contributed by atoms with E-state index in [2.05, 4.69) is 11.8 Å². The van der Waals surface area contributed by atoms with Crippen LogP contribution >= 0.6 is 0 Å². The topological polar surface area (TPSA) is 63.7 Å². The predicted octanol–water partition coefficient (Wildman–Crippen LogP) is 2.03. The Morgan fingerprint density at radius 2 is 1.86 bits per heavy atom. The molecule has 0 aromatic heterocycles. The van der Waals surface area contributed by atoms with Crippen molar-refractivity contribution >= 4 is 18.1 Å². The van der Waals surface area contributed by atoms with Gasteiger partial charge in [-0.05, 0) is 12.1 Å². The van der Waals surface area contributed by atoms with Crippen LogP contribution in [0.1, 0.15) is 42.6 Å². The lowest BCUT2D eigenvalue weighted by molar-refractivity contribution is -0.137. The summed E-state index contributed by atoms with van der Waals surface area (Å²) in [6.45, 7) is 4.08. The van der Waals surface area contributed by atoms with Crippen LogP contribution in [0.4, 0.5) is 0 Å². The monoisotopic (exact) mass is 301 g/mol. The summed E-state index contributed by atoms with van der Waals surface area (Å²) in [6, 6.07) is 4.89. The zero-order chi connectivity index (χ0) is 16.5. The third-order valence-electron chi connectivity index (χ3n) is 2.98. The number of amides is 2. The van der Waals surface area contributed by atoms with Crippen LogP contribution in [0.25, 0.3) is 0 Å². The fourth-order valence-electron chi connectivity index (χ4n) is 1.90. The highest BCUT2D eigenvalue weighted by molar-refractivity contribution is 6.02. The minimum absolute atomic E-state index is 0.0796. The molecule has 116 valence electrons. The Hall–Kier alpha value is -2.61. The Labute approximate surface area is 130 Å². The van der Waals surface area contributed by atoms with E-state index in [1.54, 1.807) is 18.2 Å². The molecule has 0 aliphatic carbocycles. The molecule has 22 heavy (non-hydrogen) atoms. The quantitative estimate of drug-likeness (QED) is 0.487. The lowest BCUT2D eigenvalue weighted by Gasteiger charge is -2.08. The molecule has 1 aromatic rings. The highest BCUT2D eigenvalue weighted by atomic mass is 16.5. The van der Waals surface area contributed by atoms with Gasteiger partial charge in [0.05, 0.1) is 19.2 Å². The number of benzene rings is 1. The van der Waals surface area contributed by atoms with Gasteiger partial charge in [0, 0.05) is 18.4 Å². The molecule has 2 amide bonds. The maximum Gasteiger partial charge on any atom is 0.230 e. The van der Waals surface area contributed by atoms with Crippen LogP contribution in [0.5, 0.6) is 5.75 Å². The lowest BCUT2D eigenvalue weighted by atomic mass is 10.1. The molecule has 0 unspecified atom stereocenters. The van der Waals surface area contributed by atoms with E-state index in [1.165, 1.54) is 7.11 Å². The molecular formula is C17H19NO4. The third kappa shape index (κ3) is 4.19. The molecule has 1 aliphatic rings. The lowest BCUT2D eigenvalue weighted by Crippen LogP contribution is -2.29. The third-order valence-corrected chi connectivity index (χ3v) is 2.98. The van der Waals surface area contributed by atoms with Crippen LogP contribution < -0.4 is 4.74 Å². The van der Waals surface area contributed by atoms with Crippen LogP contribution in [-0.4, -0.2) is 36.7 Å². The molecule has 0 spiro atoms. The highest BCUT2D eigenvalue weighted by Gasteiger charge is 2.27. The van der Waals surface area contributed by atoms with Gasteiger partial charge < -0.3 is 4.74 Å². The van der Waals surface area contributed by atoms with Crippen molar-refractivity contribution in [2.45, 2.75) is 26.7 Å². The molecule has 0 saturated carbocycles. The predicted molar refractivity (Wildman–Crippen MR) is 82.6 cm³/mol. The van der Waals surface area contributed by atoms with Crippen molar-refractivity contribution in [3.63, 3.8) is 0 Å². The average molecular weight is 301 g/mol. The van der Waals surface area contributed by atoms with Gasteiger partial charge >= 0.3 is 0 Å².